The van der Waals surface area contributed by atoms with Crippen LogP contribution in [0.4, 0.5) is 5.69 Å². The van der Waals surface area contributed by atoms with Gasteiger partial charge >= 0.3 is 0 Å². The van der Waals surface area contributed by atoms with Crippen molar-refractivity contribution < 1.29 is 9.59 Å². The molecule has 1 aliphatic heterocycles. The van der Waals surface area contributed by atoms with Gasteiger partial charge in [-0.1, -0.05) is 19.1 Å². The van der Waals surface area contributed by atoms with Gasteiger partial charge in [-0.25, -0.2) is 0 Å². The maximum absolute atomic E-state index is 12.5. The zero-order valence-electron chi connectivity index (χ0n) is 13.7. The Bertz CT molecular complexity index is 536. The highest BCUT2D eigenvalue weighted by atomic mass is 16.2. The summed E-state index contributed by atoms with van der Waals surface area (Å²) in [6.07, 6.45) is 0. The fraction of sp³-hybridized carbons (Fsp3) is 0.529. The summed E-state index contributed by atoms with van der Waals surface area (Å²) >= 11 is 0. The molecular formula is C17H25N3O2. The number of piperazine rings is 1. The van der Waals surface area contributed by atoms with Gasteiger partial charge < -0.3 is 14.7 Å². The van der Waals surface area contributed by atoms with E-state index in [0.29, 0.717) is 0 Å². The summed E-state index contributed by atoms with van der Waals surface area (Å²) in [5, 5.41) is 0. The van der Waals surface area contributed by atoms with E-state index in [-0.39, 0.29) is 18.4 Å². The largest absolute Gasteiger partial charge is 0.339 e. The number of carbonyl (C=O) groups is 2. The maximum Gasteiger partial charge on any atom is 0.242 e. The number of nitrogens with zero attached hydrogens (tertiary/aromatic N) is 3. The minimum atomic E-state index is -0.105. The van der Waals surface area contributed by atoms with Crippen LogP contribution in [0.1, 0.15) is 19.4 Å². The summed E-state index contributed by atoms with van der Waals surface area (Å²) in [7, 11) is 0. The van der Waals surface area contributed by atoms with Crippen LogP contribution in [0.3, 0.4) is 0 Å². The molecule has 0 saturated carbocycles. The molecule has 5 heteroatoms. The van der Waals surface area contributed by atoms with E-state index in [4.69, 9.17) is 0 Å². The van der Waals surface area contributed by atoms with Gasteiger partial charge in [-0.3, -0.25) is 9.59 Å². The Kier molecular flexibility index (Phi) is 5.55. The Labute approximate surface area is 132 Å². The van der Waals surface area contributed by atoms with Gasteiger partial charge in [0, 0.05) is 38.8 Å². The van der Waals surface area contributed by atoms with Gasteiger partial charge in [0.15, 0.2) is 0 Å². The van der Waals surface area contributed by atoms with Crippen LogP contribution in [0.2, 0.25) is 0 Å². The number of hydrogen-bond donors (Lipinski definition) is 0. The van der Waals surface area contributed by atoms with E-state index in [0.717, 1.165) is 44.0 Å². The molecule has 1 aromatic rings. The number of rotatable bonds is 4. The molecule has 22 heavy (non-hydrogen) atoms. The molecule has 0 spiro atoms. The van der Waals surface area contributed by atoms with Gasteiger partial charge in [0.1, 0.15) is 6.54 Å². The number of anilines is 1. The highest BCUT2D eigenvalue weighted by molar-refractivity contribution is 5.97. The standard InChI is InChI=1S/C17H25N3O2/c1-4-18-8-10-19(11-9-18)17(22)13-20(15(3)21)16-7-5-6-14(2)12-16/h5-7,12H,4,8-11,13H2,1-3H3. The number of aryl methyl sites for hydroxylation is 1. The first kappa shape index (κ1) is 16.5. The van der Waals surface area contributed by atoms with Crippen molar-refractivity contribution in [2.24, 2.45) is 0 Å². The van der Waals surface area contributed by atoms with Crippen molar-refractivity contribution in [1.82, 2.24) is 9.80 Å². The van der Waals surface area contributed by atoms with Crippen LogP contribution in [0, 0.1) is 6.92 Å². The summed E-state index contributed by atoms with van der Waals surface area (Å²) in [6, 6.07) is 7.69. The highest BCUT2D eigenvalue weighted by Gasteiger charge is 2.23. The van der Waals surface area contributed by atoms with E-state index in [1.807, 2.05) is 36.1 Å². The molecule has 0 aliphatic carbocycles. The SMILES string of the molecule is CCN1CCN(C(=O)CN(C(C)=O)c2cccc(C)c2)CC1. The van der Waals surface area contributed by atoms with Crippen molar-refractivity contribution in [2.45, 2.75) is 20.8 Å². The summed E-state index contributed by atoms with van der Waals surface area (Å²) in [5.74, 6) is -0.0846. The number of carbonyl (C=O) groups excluding carboxylic acids is 2. The maximum atomic E-state index is 12.5. The second kappa shape index (κ2) is 7.40. The van der Waals surface area contributed by atoms with Crippen LogP contribution in [0.15, 0.2) is 24.3 Å². The molecule has 0 aromatic heterocycles. The fourth-order valence-corrected chi connectivity index (χ4v) is 2.73. The summed E-state index contributed by atoms with van der Waals surface area (Å²) in [5.41, 5.74) is 1.86. The molecule has 1 aromatic carbocycles. The lowest BCUT2D eigenvalue weighted by atomic mass is 10.2. The molecule has 1 aliphatic rings. The molecule has 2 rings (SSSR count). The Morgan fingerprint density at radius 3 is 2.41 bits per heavy atom. The van der Waals surface area contributed by atoms with Crippen LogP contribution in [0.5, 0.6) is 0 Å². The van der Waals surface area contributed by atoms with Crippen molar-refractivity contribution in [3.05, 3.63) is 29.8 Å². The second-order valence-electron chi connectivity index (χ2n) is 5.76. The molecule has 2 amide bonds. The van der Waals surface area contributed by atoms with Crippen molar-refractivity contribution in [2.75, 3.05) is 44.2 Å². The van der Waals surface area contributed by atoms with E-state index in [1.54, 1.807) is 4.90 Å². The molecule has 1 heterocycles. The number of benzene rings is 1. The van der Waals surface area contributed by atoms with Crippen molar-refractivity contribution >= 4 is 17.5 Å². The van der Waals surface area contributed by atoms with Crippen LogP contribution in [-0.2, 0) is 9.59 Å². The highest BCUT2D eigenvalue weighted by Crippen LogP contribution is 2.16. The summed E-state index contributed by atoms with van der Waals surface area (Å²) in [6.45, 7) is 10.1. The summed E-state index contributed by atoms with van der Waals surface area (Å²) in [4.78, 5) is 30.1. The zero-order valence-corrected chi connectivity index (χ0v) is 13.7. The van der Waals surface area contributed by atoms with Crippen LogP contribution in [-0.4, -0.2) is 60.9 Å². The molecule has 0 bridgehead atoms. The third-order valence-electron chi connectivity index (χ3n) is 4.16. The monoisotopic (exact) mass is 303 g/mol. The first-order valence-corrected chi connectivity index (χ1v) is 7.86. The normalized spacial score (nSPS) is 15.7. The second-order valence-corrected chi connectivity index (χ2v) is 5.76. The first-order chi connectivity index (χ1) is 10.5. The smallest absolute Gasteiger partial charge is 0.242 e. The number of amides is 2. The lowest BCUT2D eigenvalue weighted by molar-refractivity contribution is -0.132. The van der Waals surface area contributed by atoms with Crippen molar-refractivity contribution in [1.29, 1.82) is 0 Å². The molecule has 120 valence electrons. The Hall–Kier alpha value is -1.88. The van der Waals surface area contributed by atoms with E-state index in [9.17, 15) is 9.59 Å². The van der Waals surface area contributed by atoms with Crippen molar-refractivity contribution in [3.8, 4) is 0 Å². The Morgan fingerprint density at radius 1 is 1.18 bits per heavy atom. The number of hydrogen-bond acceptors (Lipinski definition) is 3. The van der Waals surface area contributed by atoms with Gasteiger partial charge in [0.25, 0.3) is 0 Å². The minimum absolute atomic E-state index is 0.0208. The van der Waals surface area contributed by atoms with Gasteiger partial charge in [-0.2, -0.15) is 0 Å². The van der Waals surface area contributed by atoms with Crippen LogP contribution < -0.4 is 4.90 Å². The predicted molar refractivity (Wildman–Crippen MR) is 87.9 cm³/mol. The Morgan fingerprint density at radius 2 is 1.86 bits per heavy atom. The molecule has 5 nitrogen and oxygen atoms in total. The molecule has 0 radical (unpaired) electrons. The lowest BCUT2D eigenvalue weighted by Gasteiger charge is -2.35. The summed E-state index contributed by atoms with van der Waals surface area (Å²) < 4.78 is 0. The van der Waals surface area contributed by atoms with E-state index < -0.39 is 0 Å². The molecular weight excluding hydrogens is 278 g/mol. The van der Waals surface area contributed by atoms with E-state index in [2.05, 4.69) is 11.8 Å². The minimum Gasteiger partial charge on any atom is -0.339 e. The third kappa shape index (κ3) is 4.07. The van der Waals surface area contributed by atoms with Crippen LogP contribution in [0.25, 0.3) is 0 Å². The molecule has 0 atom stereocenters. The molecule has 0 unspecified atom stereocenters. The topological polar surface area (TPSA) is 43.9 Å². The lowest BCUT2D eigenvalue weighted by Crippen LogP contribution is -2.51. The Balaban J connectivity index is 2.02. The third-order valence-corrected chi connectivity index (χ3v) is 4.16. The average molecular weight is 303 g/mol. The average Bonchev–Trinajstić information content (AvgIpc) is 2.52. The molecule has 1 fully saturated rings. The number of likely N-dealkylation sites (N-methyl/N-ethyl adjacent to an activating group) is 1. The van der Waals surface area contributed by atoms with Gasteiger partial charge in [-0.05, 0) is 31.2 Å². The fourth-order valence-electron chi connectivity index (χ4n) is 2.73. The van der Waals surface area contributed by atoms with Crippen LogP contribution >= 0.6 is 0 Å². The van der Waals surface area contributed by atoms with Gasteiger partial charge in [-0.15, -0.1) is 0 Å². The quantitative estimate of drug-likeness (QED) is 0.847. The van der Waals surface area contributed by atoms with Gasteiger partial charge in [0.2, 0.25) is 11.8 Å². The van der Waals surface area contributed by atoms with Crippen molar-refractivity contribution in [3.63, 3.8) is 0 Å². The zero-order chi connectivity index (χ0) is 16.1. The van der Waals surface area contributed by atoms with E-state index in [1.165, 1.54) is 6.92 Å². The first-order valence-electron chi connectivity index (χ1n) is 7.86. The van der Waals surface area contributed by atoms with E-state index >= 15 is 0 Å². The molecule has 1 saturated heterocycles. The molecule has 0 N–H and O–H groups in total. The predicted octanol–water partition coefficient (Wildman–Crippen LogP) is 1.51. The van der Waals surface area contributed by atoms with Gasteiger partial charge in [0.05, 0.1) is 0 Å².